The Hall–Kier alpha value is -2.88. The summed E-state index contributed by atoms with van der Waals surface area (Å²) >= 11 is 7.80. The van der Waals surface area contributed by atoms with E-state index in [1.54, 1.807) is 67.2 Å². The lowest BCUT2D eigenvalue weighted by molar-refractivity contribution is -0.142. The molecule has 2 saturated heterocycles. The number of halogens is 1. The van der Waals surface area contributed by atoms with Gasteiger partial charge >= 0.3 is 5.97 Å². The molecular weight excluding hydrogens is 502 g/mol. The van der Waals surface area contributed by atoms with Crippen LogP contribution in [0.15, 0.2) is 48.5 Å². The monoisotopic (exact) mass is 527 g/mol. The second kappa shape index (κ2) is 9.53. The van der Waals surface area contributed by atoms with Crippen molar-refractivity contribution >= 4 is 58.4 Å². The van der Waals surface area contributed by atoms with Crippen LogP contribution in [0.5, 0.6) is 0 Å². The van der Waals surface area contributed by atoms with Gasteiger partial charge in [0, 0.05) is 22.3 Å². The molecule has 10 heteroatoms. The highest BCUT2D eigenvalue weighted by molar-refractivity contribution is 7.98. The molecule has 2 aromatic carbocycles. The van der Waals surface area contributed by atoms with E-state index in [2.05, 4.69) is 5.32 Å². The van der Waals surface area contributed by atoms with Gasteiger partial charge in [-0.15, -0.1) is 0 Å². The van der Waals surface area contributed by atoms with Gasteiger partial charge in [-0.05, 0) is 49.6 Å². The number of benzene rings is 2. The van der Waals surface area contributed by atoms with E-state index >= 15 is 0 Å². The molecule has 3 heterocycles. The Bertz CT molecular complexity index is 1260. The average Bonchev–Trinajstić information content (AvgIpc) is 3.42. The molecule has 8 nitrogen and oxygen atoms in total. The number of hydrogen-bond acceptors (Lipinski definition) is 7. The summed E-state index contributed by atoms with van der Waals surface area (Å²) in [7, 11) is 0. The molecular formula is C26H26ClN3O5S. The number of carbonyl (C=O) groups is 4. The Labute approximate surface area is 218 Å². The minimum Gasteiger partial charge on any atom is -0.465 e. The molecule has 0 radical (unpaired) electrons. The fourth-order valence-corrected chi connectivity index (χ4v) is 6.48. The third kappa shape index (κ3) is 3.64. The van der Waals surface area contributed by atoms with E-state index < -0.39 is 41.2 Å². The fraction of sp³-hybridized carbons (Fsp3) is 0.385. The summed E-state index contributed by atoms with van der Waals surface area (Å²) in [5.41, 5.74) is 0.0493. The maximum atomic E-state index is 14.2. The summed E-state index contributed by atoms with van der Waals surface area (Å²) < 4.78 is 5.11. The smallest absolute Gasteiger partial charge is 0.326 e. The predicted octanol–water partition coefficient (Wildman–Crippen LogP) is 2.98. The van der Waals surface area contributed by atoms with Gasteiger partial charge in [0.15, 0.2) is 0 Å². The number of nitrogens with zero attached hydrogens (tertiary/aromatic N) is 2. The number of amides is 3. The Morgan fingerprint density at radius 3 is 2.64 bits per heavy atom. The normalized spacial score (nSPS) is 26.6. The van der Waals surface area contributed by atoms with Gasteiger partial charge in [-0.3, -0.25) is 29.4 Å². The number of rotatable bonds is 7. The van der Waals surface area contributed by atoms with E-state index in [-0.39, 0.29) is 19.1 Å². The Balaban J connectivity index is 1.63. The topological polar surface area (TPSA) is 96.0 Å². The van der Waals surface area contributed by atoms with E-state index in [1.165, 1.54) is 9.80 Å². The number of hydrogen-bond donors (Lipinski definition) is 1. The molecule has 3 aliphatic rings. The van der Waals surface area contributed by atoms with Gasteiger partial charge in [-0.2, -0.15) is 11.8 Å². The quantitative estimate of drug-likeness (QED) is 0.437. The van der Waals surface area contributed by atoms with Crippen LogP contribution in [0, 0.1) is 11.8 Å². The van der Waals surface area contributed by atoms with E-state index in [1.807, 2.05) is 6.26 Å². The summed E-state index contributed by atoms with van der Waals surface area (Å²) in [4.78, 5) is 56.9. The molecule has 3 aliphatic heterocycles. The maximum Gasteiger partial charge on any atom is 0.326 e. The molecule has 0 unspecified atom stereocenters. The van der Waals surface area contributed by atoms with Crippen LogP contribution in [0.25, 0.3) is 0 Å². The first kappa shape index (κ1) is 24.8. The number of carbonyl (C=O) groups excluding carboxylic acids is 4. The van der Waals surface area contributed by atoms with E-state index in [9.17, 15) is 19.2 Å². The van der Waals surface area contributed by atoms with Crippen LogP contribution < -0.4 is 15.1 Å². The van der Waals surface area contributed by atoms with E-state index in [4.69, 9.17) is 16.3 Å². The molecule has 36 heavy (non-hydrogen) atoms. The van der Waals surface area contributed by atoms with E-state index in [0.29, 0.717) is 28.4 Å². The maximum absolute atomic E-state index is 14.2. The van der Waals surface area contributed by atoms with Crippen molar-refractivity contribution < 1.29 is 23.9 Å². The van der Waals surface area contributed by atoms with Crippen LogP contribution in [0.3, 0.4) is 0 Å². The number of para-hydroxylation sites is 1. The third-order valence-electron chi connectivity index (χ3n) is 7.16. The zero-order valence-electron chi connectivity index (χ0n) is 19.9. The second-order valence-corrected chi connectivity index (χ2v) is 10.5. The fourth-order valence-electron chi connectivity index (χ4n) is 5.80. The summed E-state index contributed by atoms with van der Waals surface area (Å²) in [6.07, 6.45) is 2.57. The van der Waals surface area contributed by atoms with Crippen molar-refractivity contribution in [2.75, 3.05) is 35.0 Å². The van der Waals surface area contributed by atoms with Crippen molar-refractivity contribution in [1.29, 1.82) is 0 Å². The van der Waals surface area contributed by atoms with Gasteiger partial charge < -0.3 is 4.74 Å². The van der Waals surface area contributed by atoms with Crippen LogP contribution >= 0.6 is 23.4 Å². The molecule has 4 atom stereocenters. The molecule has 5 rings (SSSR count). The number of thioether (sulfide) groups is 1. The van der Waals surface area contributed by atoms with Gasteiger partial charge in [0.1, 0.15) is 12.1 Å². The van der Waals surface area contributed by atoms with Crippen molar-refractivity contribution in [1.82, 2.24) is 5.32 Å². The minimum atomic E-state index is -1.46. The van der Waals surface area contributed by atoms with Gasteiger partial charge in [-0.25, -0.2) is 4.90 Å². The molecule has 0 bridgehead atoms. The highest BCUT2D eigenvalue weighted by Gasteiger charge is 2.71. The van der Waals surface area contributed by atoms with Crippen LogP contribution in [-0.2, 0) is 29.5 Å². The minimum absolute atomic E-state index is 0.189. The van der Waals surface area contributed by atoms with Crippen LogP contribution in [-0.4, -0.2) is 54.9 Å². The lowest BCUT2D eigenvalue weighted by atomic mass is 9.76. The molecule has 1 N–H and O–H groups in total. The number of fused-ring (bicyclic) bond motifs is 4. The van der Waals surface area contributed by atoms with Crippen LogP contribution in [0.2, 0.25) is 5.02 Å². The Morgan fingerprint density at radius 2 is 1.92 bits per heavy atom. The largest absolute Gasteiger partial charge is 0.465 e. The van der Waals surface area contributed by atoms with Crippen molar-refractivity contribution in [2.45, 2.75) is 24.9 Å². The van der Waals surface area contributed by atoms with Gasteiger partial charge in [0.25, 0.3) is 5.91 Å². The molecule has 0 saturated carbocycles. The lowest BCUT2D eigenvalue weighted by Gasteiger charge is -2.30. The molecule has 188 valence electrons. The zero-order valence-corrected chi connectivity index (χ0v) is 21.5. The predicted molar refractivity (Wildman–Crippen MR) is 138 cm³/mol. The summed E-state index contributed by atoms with van der Waals surface area (Å²) in [6, 6.07) is 13.3. The molecule has 0 aromatic heterocycles. The first-order chi connectivity index (χ1) is 17.3. The van der Waals surface area contributed by atoms with E-state index in [0.717, 1.165) is 5.75 Å². The van der Waals surface area contributed by atoms with Crippen molar-refractivity contribution in [3.05, 3.63) is 59.1 Å². The lowest BCUT2D eigenvalue weighted by Crippen LogP contribution is -2.55. The highest BCUT2D eigenvalue weighted by atomic mass is 35.5. The number of ether oxygens (including phenoxy) is 1. The van der Waals surface area contributed by atoms with Gasteiger partial charge in [0.05, 0.1) is 24.1 Å². The van der Waals surface area contributed by atoms with Crippen molar-refractivity contribution in [3.8, 4) is 0 Å². The summed E-state index contributed by atoms with van der Waals surface area (Å²) in [6.45, 7) is 1.61. The Kier molecular flexibility index (Phi) is 6.57. The van der Waals surface area contributed by atoms with Gasteiger partial charge in [-0.1, -0.05) is 35.9 Å². The first-order valence-corrected chi connectivity index (χ1v) is 13.6. The van der Waals surface area contributed by atoms with Crippen molar-refractivity contribution in [3.63, 3.8) is 0 Å². The molecule has 2 aromatic rings. The summed E-state index contributed by atoms with van der Waals surface area (Å²) in [5.74, 6) is -2.71. The standard InChI is InChI=1S/C26H26ClN3O5S/c1-3-35-20(31)14-29-19-10-5-4-9-17(19)26(25(29)34)22-21(18(28-26)11-12-36-2)23(32)30(24(22)33)16-8-6-7-15(27)13-16/h4-10,13,18,21-22,28H,3,11-12,14H2,1-2H3/t18-,21+,22+,26+/m1/s1. The number of nitrogens with one attached hydrogen (secondary N) is 1. The molecule has 1 spiro atoms. The van der Waals surface area contributed by atoms with Crippen LogP contribution in [0.1, 0.15) is 18.9 Å². The molecule has 3 amide bonds. The van der Waals surface area contributed by atoms with Crippen LogP contribution in [0.4, 0.5) is 11.4 Å². The average molecular weight is 528 g/mol. The highest BCUT2D eigenvalue weighted by Crippen LogP contribution is 2.55. The number of anilines is 2. The zero-order chi connectivity index (χ0) is 25.6. The first-order valence-electron chi connectivity index (χ1n) is 11.8. The number of imide groups is 1. The second-order valence-electron chi connectivity index (χ2n) is 9.05. The molecule has 2 fully saturated rings. The summed E-state index contributed by atoms with van der Waals surface area (Å²) in [5, 5.41) is 3.84. The Morgan fingerprint density at radius 1 is 1.14 bits per heavy atom. The third-order valence-corrected chi connectivity index (χ3v) is 8.04. The number of esters is 1. The SMILES string of the molecule is CCOC(=O)CN1C(=O)[C@]2(N[C@H](CCSC)[C@@H]3C(=O)N(c4cccc(Cl)c4)C(=O)[C@H]32)c2ccccc21. The van der Waals surface area contributed by atoms with Gasteiger partial charge in [0.2, 0.25) is 11.8 Å². The molecule has 0 aliphatic carbocycles. The van der Waals surface area contributed by atoms with Crippen molar-refractivity contribution in [2.24, 2.45) is 11.8 Å².